The van der Waals surface area contributed by atoms with Gasteiger partial charge in [-0.05, 0) is 12.1 Å². The normalized spacial score (nSPS) is 10.2. The Balaban J connectivity index is 1.90. The number of nitrogen functional groups attached to an aromatic ring is 1. The van der Waals surface area contributed by atoms with Crippen LogP contribution in [0.4, 0.5) is 11.6 Å². The van der Waals surface area contributed by atoms with E-state index in [1.54, 1.807) is 19.2 Å². The van der Waals surface area contributed by atoms with Gasteiger partial charge in [-0.3, -0.25) is 4.79 Å². The minimum atomic E-state index is -0.169. The van der Waals surface area contributed by atoms with Gasteiger partial charge in [0, 0.05) is 0 Å². The van der Waals surface area contributed by atoms with E-state index in [0.717, 1.165) is 0 Å². The Hall–Kier alpha value is -2.22. The lowest BCUT2D eigenvalue weighted by Crippen LogP contribution is -2.14. The van der Waals surface area contributed by atoms with E-state index in [1.807, 2.05) is 12.1 Å². The van der Waals surface area contributed by atoms with Crippen LogP contribution >= 0.6 is 11.8 Å². The molecular formula is C11H13N5O2S. The van der Waals surface area contributed by atoms with Crippen molar-refractivity contribution in [2.75, 3.05) is 23.9 Å². The molecule has 8 heteroatoms. The Morgan fingerprint density at radius 2 is 2.32 bits per heavy atom. The highest BCUT2D eigenvalue weighted by Crippen LogP contribution is 2.23. The molecule has 0 saturated heterocycles. The predicted molar refractivity (Wildman–Crippen MR) is 73.1 cm³/mol. The standard InChI is InChI=1S/C11H13N5O2S/c1-18-8-5-3-2-4-7(8)13-9(17)6-19-11-14-10(12)15-16-11/h2-5H,6H2,1H3,(H,13,17)(H3,12,14,15,16). The van der Waals surface area contributed by atoms with E-state index in [0.29, 0.717) is 16.6 Å². The molecule has 19 heavy (non-hydrogen) atoms. The number of thioether (sulfide) groups is 1. The van der Waals surface area contributed by atoms with Crippen LogP contribution in [0.3, 0.4) is 0 Å². The molecule has 2 rings (SSSR count). The summed E-state index contributed by atoms with van der Waals surface area (Å²) in [5.74, 6) is 0.864. The second kappa shape index (κ2) is 6.10. The van der Waals surface area contributed by atoms with Gasteiger partial charge in [0.1, 0.15) is 5.75 Å². The molecule has 1 heterocycles. The van der Waals surface area contributed by atoms with E-state index >= 15 is 0 Å². The van der Waals surface area contributed by atoms with Gasteiger partial charge in [0.2, 0.25) is 17.0 Å². The number of para-hydroxylation sites is 2. The molecule has 0 spiro atoms. The Morgan fingerprint density at radius 1 is 1.53 bits per heavy atom. The van der Waals surface area contributed by atoms with Crippen LogP contribution in [0.15, 0.2) is 29.4 Å². The molecule has 0 saturated carbocycles. The number of aromatic amines is 1. The van der Waals surface area contributed by atoms with Crippen LogP contribution in [0.25, 0.3) is 0 Å². The van der Waals surface area contributed by atoms with Crippen LogP contribution in [0.1, 0.15) is 0 Å². The quantitative estimate of drug-likeness (QED) is 0.708. The van der Waals surface area contributed by atoms with Gasteiger partial charge in [-0.2, -0.15) is 4.98 Å². The highest BCUT2D eigenvalue weighted by Gasteiger charge is 2.09. The Bertz CT molecular complexity index is 572. The number of anilines is 2. The molecule has 100 valence electrons. The van der Waals surface area contributed by atoms with Crippen molar-refractivity contribution >= 4 is 29.3 Å². The molecule has 7 nitrogen and oxygen atoms in total. The summed E-state index contributed by atoms with van der Waals surface area (Å²) < 4.78 is 5.14. The molecule has 2 aromatic rings. The number of carbonyl (C=O) groups is 1. The van der Waals surface area contributed by atoms with Crippen molar-refractivity contribution in [3.8, 4) is 5.75 Å². The van der Waals surface area contributed by atoms with E-state index in [-0.39, 0.29) is 17.6 Å². The topological polar surface area (TPSA) is 106 Å². The first-order valence-electron chi connectivity index (χ1n) is 5.42. The number of nitrogens with one attached hydrogen (secondary N) is 2. The van der Waals surface area contributed by atoms with Gasteiger partial charge in [-0.25, -0.2) is 5.10 Å². The lowest BCUT2D eigenvalue weighted by molar-refractivity contribution is -0.113. The molecule has 0 bridgehead atoms. The zero-order chi connectivity index (χ0) is 13.7. The van der Waals surface area contributed by atoms with Crippen LogP contribution in [0, 0.1) is 0 Å². The molecule has 0 radical (unpaired) electrons. The van der Waals surface area contributed by atoms with Gasteiger partial charge in [0.05, 0.1) is 18.6 Å². The third kappa shape index (κ3) is 3.62. The van der Waals surface area contributed by atoms with Gasteiger partial charge in [0.25, 0.3) is 0 Å². The Kier molecular flexibility index (Phi) is 4.24. The monoisotopic (exact) mass is 279 g/mol. The van der Waals surface area contributed by atoms with Crippen LogP contribution < -0.4 is 15.8 Å². The SMILES string of the molecule is COc1ccccc1NC(=O)CSc1n[nH]c(N)n1. The Morgan fingerprint density at radius 3 is 3.00 bits per heavy atom. The second-order valence-corrected chi connectivity index (χ2v) is 4.48. The van der Waals surface area contributed by atoms with Gasteiger partial charge < -0.3 is 15.8 Å². The molecule has 1 amide bonds. The Labute approximate surface area is 113 Å². The third-order valence-electron chi connectivity index (χ3n) is 2.20. The average molecular weight is 279 g/mol. The summed E-state index contributed by atoms with van der Waals surface area (Å²) >= 11 is 1.20. The van der Waals surface area contributed by atoms with E-state index in [1.165, 1.54) is 11.8 Å². The first kappa shape index (κ1) is 13.2. The minimum absolute atomic E-state index is 0.169. The molecular weight excluding hydrogens is 266 g/mol. The van der Waals surface area contributed by atoms with Crippen LogP contribution in [-0.2, 0) is 4.79 Å². The molecule has 1 aromatic carbocycles. The lowest BCUT2D eigenvalue weighted by atomic mass is 10.3. The number of carbonyl (C=O) groups excluding carboxylic acids is 1. The maximum absolute atomic E-state index is 11.8. The molecule has 0 fully saturated rings. The zero-order valence-electron chi connectivity index (χ0n) is 10.2. The fourth-order valence-corrected chi connectivity index (χ4v) is 1.99. The molecule has 0 aliphatic heterocycles. The summed E-state index contributed by atoms with van der Waals surface area (Å²) in [5.41, 5.74) is 6.02. The van der Waals surface area contributed by atoms with Crippen molar-refractivity contribution in [2.45, 2.75) is 5.16 Å². The van der Waals surface area contributed by atoms with Crippen molar-refractivity contribution in [3.63, 3.8) is 0 Å². The number of H-pyrrole nitrogens is 1. The van der Waals surface area contributed by atoms with Crippen LogP contribution in [-0.4, -0.2) is 34.0 Å². The summed E-state index contributed by atoms with van der Waals surface area (Å²) in [6.45, 7) is 0. The van der Waals surface area contributed by atoms with Crippen molar-refractivity contribution in [3.05, 3.63) is 24.3 Å². The summed E-state index contributed by atoms with van der Waals surface area (Å²) in [7, 11) is 1.55. The molecule has 0 unspecified atom stereocenters. The fraction of sp³-hybridized carbons (Fsp3) is 0.182. The molecule has 0 aliphatic rings. The van der Waals surface area contributed by atoms with E-state index < -0.39 is 0 Å². The summed E-state index contributed by atoms with van der Waals surface area (Å²) in [6, 6.07) is 7.20. The highest BCUT2D eigenvalue weighted by atomic mass is 32.2. The molecule has 1 aromatic heterocycles. The maximum atomic E-state index is 11.8. The van der Waals surface area contributed by atoms with Crippen molar-refractivity contribution < 1.29 is 9.53 Å². The van der Waals surface area contributed by atoms with Crippen molar-refractivity contribution in [2.24, 2.45) is 0 Å². The third-order valence-corrected chi connectivity index (χ3v) is 3.04. The van der Waals surface area contributed by atoms with Gasteiger partial charge in [0.15, 0.2) is 0 Å². The minimum Gasteiger partial charge on any atom is -0.495 e. The van der Waals surface area contributed by atoms with E-state index in [4.69, 9.17) is 10.5 Å². The second-order valence-electron chi connectivity index (χ2n) is 3.54. The first-order valence-corrected chi connectivity index (χ1v) is 6.41. The summed E-state index contributed by atoms with van der Waals surface area (Å²) in [5, 5.41) is 9.52. The van der Waals surface area contributed by atoms with Gasteiger partial charge in [-0.15, -0.1) is 5.10 Å². The van der Waals surface area contributed by atoms with Crippen molar-refractivity contribution in [1.82, 2.24) is 15.2 Å². The maximum Gasteiger partial charge on any atom is 0.234 e. The van der Waals surface area contributed by atoms with Crippen LogP contribution in [0.2, 0.25) is 0 Å². The number of hydrogen-bond donors (Lipinski definition) is 3. The zero-order valence-corrected chi connectivity index (χ0v) is 11.0. The summed E-state index contributed by atoms with van der Waals surface area (Å²) in [4.78, 5) is 15.7. The molecule has 0 aliphatic carbocycles. The van der Waals surface area contributed by atoms with E-state index in [9.17, 15) is 4.79 Å². The largest absolute Gasteiger partial charge is 0.495 e. The molecule has 0 atom stereocenters. The number of nitrogens with zero attached hydrogens (tertiary/aromatic N) is 2. The fourth-order valence-electron chi connectivity index (χ4n) is 1.39. The van der Waals surface area contributed by atoms with Crippen LogP contribution in [0.5, 0.6) is 5.75 Å². The van der Waals surface area contributed by atoms with Crippen molar-refractivity contribution in [1.29, 1.82) is 0 Å². The number of nitrogens with two attached hydrogens (primary N) is 1. The predicted octanol–water partition coefficient (Wildman–Crippen LogP) is 1.13. The lowest BCUT2D eigenvalue weighted by Gasteiger charge is -2.08. The van der Waals surface area contributed by atoms with Gasteiger partial charge in [-0.1, -0.05) is 23.9 Å². The first-order chi connectivity index (χ1) is 9.19. The summed E-state index contributed by atoms with van der Waals surface area (Å²) in [6.07, 6.45) is 0. The number of aromatic nitrogens is 3. The number of ether oxygens (including phenoxy) is 1. The highest BCUT2D eigenvalue weighted by molar-refractivity contribution is 7.99. The number of methoxy groups -OCH3 is 1. The number of rotatable bonds is 5. The molecule has 4 N–H and O–H groups in total. The average Bonchev–Trinajstić information content (AvgIpc) is 2.83. The number of amides is 1. The number of benzene rings is 1. The number of hydrogen-bond acceptors (Lipinski definition) is 6. The van der Waals surface area contributed by atoms with Gasteiger partial charge >= 0.3 is 0 Å². The van der Waals surface area contributed by atoms with E-state index in [2.05, 4.69) is 20.5 Å². The smallest absolute Gasteiger partial charge is 0.234 e.